The largest absolute Gasteiger partial charge is 0.481 e. The van der Waals surface area contributed by atoms with Gasteiger partial charge in [-0.2, -0.15) is 5.10 Å². The minimum Gasteiger partial charge on any atom is -0.481 e. The second-order valence-electron chi connectivity index (χ2n) is 10.1. The standard InChI is InChI=1S/C26H35N3O2/c1-9-14-26(8,24(30)31)22-17(4)27-21-15-20(25(5,6)7)28-29(21)23(22)19-12-10-18(11-13-19)16(2)3/h10-13,15-16H,9,14H2,1-8H3,(H,30,31). The molecule has 5 heteroatoms. The quantitative estimate of drug-likeness (QED) is 0.509. The molecule has 0 aliphatic rings. The minimum atomic E-state index is -1.06. The van der Waals surface area contributed by atoms with E-state index in [0.717, 1.165) is 40.3 Å². The summed E-state index contributed by atoms with van der Waals surface area (Å²) in [4.78, 5) is 17.3. The number of hydrogen-bond donors (Lipinski definition) is 1. The van der Waals surface area contributed by atoms with Gasteiger partial charge in [-0.3, -0.25) is 4.79 Å². The predicted octanol–water partition coefficient (Wildman–Crippen LogP) is 6.27. The maximum absolute atomic E-state index is 12.5. The third-order valence-electron chi connectivity index (χ3n) is 6.18. The average Bonchev–Trinajstić information content (AvgIpc) is 3.11. The molecule has 31 heavy (non-hydrogen) atoms. The highest BCUT2D eigenvalue weighted by Gasteiger charge is 2.40. The van der Waals surface area contributed by atoms with E-state index in [2.05, 4.69) is 58.9 Å². The van der Waals surface area contributed by atoms with E-state index in [-0.39, 0.29) is 5.41 Å². The summed E-state index contributed by atoms with van der Waals surface area (Å²) in [5.74, 6) is -0.406. The van der Waals surface area contributed by atoms with E-state index < -0.39 is 11.4 Å². The van der Waals surface area contributed by atoms with Crippen molar-refractivity contribution in [2.45, 2.75) is 85.0 Å². The number of nitrogens with zero attached hydrogens (tertiary/aromatic N) is 3. The third kappa shape index (κ3) is 4.10. The number of carbonyl (C=O) groups is 1. The van der Waals surface area contributed by atoms with E-state index in [1.54, 1.807) is 0 Å². The van der Waals surface area contributed by atoms with E-state index in [4.69, 9.17) is 10.1 Å². The number of aromatic nitrogens is 3. The third-order valence-corrected chi connectivity index (χ3v) is 6.18. The monoisotopic (exact) mass is 421 g/mol. The van der Waals surface area contributed by atoms with Crippen LogP contribution in [-0.2, 0) is 15.6 Å². The van der Waals surface area contributed by atoms with Crippen molar-refractivity contribution in [3.05, 3.63) is 52.8 Å². The Morgan fingerprint density at radius 3 is 2.23 bits per heavy atom. The van der Waals surface area contributed by atoms with Gasteiger partial charge in [-0.25, -0.2) is 9.50 Å². The highest BCUT2D eigenvalue weighted by molar-refractivity contribution is 5.85. The van der Waals surface area contributed by atoms with Crippen LogP contribution in [0.15, 0.2) is 30.3 Å². The second kappa shape index (κ2) is 8.10. The number of carboxylic acids is 1. The zero-order valence-corrected chi connectivity index (χ0v) is 20.1. The van der Waals surface area contributed by atoms with Crippen molar-refractivity contribution in [1.82, 2.24) is 14.6 Å². The van der Waals surface area contributed by atoms with Crippen molar-refractivity contribution < 1.29 is 9.90 Å². The Bertz CT molecular complexity index is 1100. The lowest BCUT2D eigenvalue weighted by Crippen LogP contribution is -2.35. The zero-order valence-electron chi connectivity index (χ0n) is 20.1. The fraction of sp³-hybridized carbons (Fsp3) is 0.500. The van der Waals surface area contributed by atoms with Crippen LogP contribution in [0.4, 0.5) is 0 Å². The van der Waals surface area contributed by atoms with Crippen molar-refractivity contribution >= 4 is 11.6 Å². The van der Waals surface area contributed by atoms with E-state index in [1.165, 1.54) is 5.56 Å². The molecule has 0 radical (unpaired) electrons. The summed E-state index contributed by atoms with van der Waals surface area (Å²) in [7, 11) is 0. The van der Waals surface area contributed by atoms with Crippen molar-refractivity contribution in [3.63, 3.8) is 0 Å². The van der Waals surface area contributed by atoms with Crippen LogP contribution in [-0.4, -0.2) is 25.7 Å². The Morgan fingerprint density at radius 1 is 1.13 bits per heavy atom. The fourth-order valence-electron chi connectivity index (χ4n) is 4.28. The first-order valence-electron chi connectivity index (χ1n) is 11.1. The fourth-order valence-corrected chi connectivity index (χ4v) is 4.28. The molecule has 1 N–H and O–H groups in total. The molecule has 1 atom stereocenters. The lowest BCUT2D eigenvalue weighted by molar-refractivity contribution is -0.143. The Morgan fingerprint density at radius 2 is 1.74 bits per heavy atom. The number of carboxylic acid groups (broad SMARTS) is 1. The first-order valence-corrected chi connectivity index (χ1v) is 11.1. The van der Waals surface area contributed by atoms with E-state index >= 15 is 0 Å². The molecule has 0 saturated carbocycles. The Balaban J connectivity index is 2.43. The lowest BCUT2D eigenvalue weighted by Gasteiger charge is -2.29. The molecular weight excluding hydrogens is 386 g/mol. The molecule has 3 rings (SSSR count). The molecule has 1 unspecified atom stereocenters. The number of aryl methyl sites for hydroxylation is 1. The van der Waals surface area contributed by atoms with Gasteiger partial charge in [0.15, 0.2) is 5.65 Å². The molecule has 0 amide bonds. The molecule has 0 aliphatic heterocycles. The molecule has 0 bridgehead atoms. The molecule has 0 fully saturated rings. The highest BCUT2D eigenvalue weighted by atomic mass is 16.4. The molecule has 0 saturated heterocycles. The average molecular weight is 422 g/mol. The topological polar surface area (TPSA) is 67.5 Å². The molecule has 1 aromatic carbocycles. The van der Waals surface area contributed by atoms with E-state index in [0.29, 0.717) is 12.3 Å². The Kier molecular flexibility index (Phi) is 6.01. The van der Waals surface area contributed by atoms with Gasteiger partial charge in [0.05, 0.1) is 16.8 Å². The van der Waals surface area contributed by atoms with Crippen LogP contribution in [0.1, 0.15) is 89.7 Å². The van der Waals surface area contributed by atoms with Crippen LogP contribution in [0.25, 0.3) is 16.9 Å². The van der Waals surface area contributed by atoms with Gasteiger partial charge in [-0.05, 0) is 31.7 Å². The van der Waals surface area contributed by atoms with Gasteiger partial charge in [0.25, 0.3) is 0 Å². The van der Waals surface area contributed by atoms with Crippen molar-refractivity contribution in [2.75, 3.05) is 0 Å². The van der Waals surface area contributed by atoms with Gasteiger partial charge >= 0.3 is 5.97 Å². The van der Waals surface area contributed by atoms with E-state index in [9.17, 15) is 9.90 Å². The molecule has 2 aromatic heterocycles. The predicted molar refractivity (Wildman–Crippen MR) is 126 cm³/mol. The van der Waals surface area contributed by atoms with Gasteiger partial charge in [-0.15, -0.1) is 0 Å². The first-order chi connectivity index (χ1) is 14.4. The van der Waals surface area contributed by atoms with Crippen LogP contribution >= 0.6 is 0 Å². The summed E-state index contributed by atoms with van der Waals surface area (Å²) >= 11 is 0. The summed E-state index contributed by atoms with van der Waals surface area (Å²) in [6.45, 7) is 16.5. The van der Waals surface area contributed by atoms with Crippen molar-refractivity contribution in [1.29, 1.82) is 0 Å². The van der Waals surface area contributed by atoms with Gasteiger partial charge in [0, 0.05) is 28.3 Å². The molecule has 2 heterocycles. The Hall–Kier alpha value is -2.69. The number of hydrogen-bond acceptors (Lipinski definition) is 3. The number of fused-ring (bicyclic) bond motifs is 1. The normalized spacial score (nSPS) is 14.2. The van der Waals surface area contributed by atoms with Crippen LogP contribution in [0, 0.1) is 6.92 Å². The SMILES string of the molecule is CCCC(C)(C(=O)O)c1c(C)nc2cc(C(C)(C)C)nn2c1-c1ccc(C(C)C)cc1. The van der Waals surface area contributed by atoms with Crippen LogP contribution in [0.2, 0.25) is 0 Å². The van der Waals surface area contributed by atoms with Gasteiger partial charge in [0.1, 0.15) is 0 Å². The summed E-state index contributed by atoms with van der Waals surface area (Å²) in [5, 5.41) is 15.2. The Labute approximate surface area is 185 Å². The number of rotatable bonds is 6. The van der Waals surface area contributed by atoms with Gasteiger partial charge in [-0.1, -0.05) is 72.2 Å². The number of benzene rings is 1. The van der Waals surface area contributed by atoms with E-state index in [1.807, 2.05) is 31.4 Å². The minimum absolute atomic E-state index is 0.139. The molecule has 3 aromatic rings. The molecule has 0 aliphatic carbocycles. The van der Waals surface area contributed by atoms with Crippen LogP contribution in [0.3, 0.4) is 0 Å². The van der Waals surface area contributed by atoms with Crippen molar-refractivity contribution in [3.8, 4) is 11.3 Å². The second-order valence-corrected chi connectivity index (χ2v) is 10.1. The van der Waals surface area contributed by atoms with Crippen LogP contribution in [0.5, 0.6) is 0 Å². The summed E-state index contributed by atoms with van der Waals surface area (Å²) < 4.78 is 1.85. The van der Waals surface area contributed by atoms with Crippen molar-refractivity contribution in [2.24, 2.45) is 0 Å². The highest BCUT2D eigenvalue weighted by Crippen LogP contribution is 2.39. The molecule has 0 spiro atoms. The smallest absolute Gasteiger partial charge is 0.313 e. The summed E-state index contributed by atoms with van der Waals surface area (Å²) in [5.41, 5.74) is 5.01. The van der Waals surface area contributed by atoms with Crippen LogP contribution < -0.4 is 0 Å². The molecule has 5 nitrogen and oxygen atoms in total. The maximum Gasteiger partial charge on any atom is 0.313 e. The number of aliphatic carboxylic acids is 1. The van der Waals surface area contributed by atoms with Gasteiger partial charge < -0.3 is 5.11 Å². The first kappa shape index (κ1) is 23.0. The lowest BCUT2D eigenvalue weighted by atomic mass is 9.76. The molecule has 166 valence electrons. The zero-order chi connectivity index (χ0) is 23.1. The summed E-state index contributed by atoms with van der Waals surface area (Å²) in [6.07, 6.45) is 1.29. The van der Waals surface area contributed by atoms with Gasteiger partial charge in [0.2, 0.25) is 0 Å². The summed E-state index contributed by atoms with van der Waals surface area (Å²) in [6, 6.07) is 10.4. The maximum atomic E-state index is 12.5. The molecular formula is C26H35N3O2.